The SMILES string of the molecule is [N-]=[N+]=NCc1ccccc1[C@H]1OC(c2ccc(OCCCO)cc2)=N[C@@]1(Cc1ccccc1Br)C(=O)NCCc1ccc(OCc2ccccc2)c(OCc2ccccc2)c1. The second-order valence-electron chi connectivity index (χ2n) is 14.5. The molecule has 6 aromatic rings. The van der Waals surface area contributed by atoms with Crippen molar-refractivity contribution < 1.29 is 28.8 Å². The van der Waals surface area contributed by atoms with E-state index in [4.69, 9.17) is 23.9 Å². The molecule has 11 nitrogen and oxygen atoms in total. The van der Waals surface area contributed by atoms with Crippen molar-refractivity contribution in [3.05, 3.63) is 206 Å². The Kier molecular flexibility index (Phi) is 14.7. The van der Waals surface area contributed by atoms with E-state index in [0.717, 1.165) is 32.3 Å². The maximum absolute atomic E-state index is 15.1. The Morgan fingerprint density at radius 1 is 0.787 bits per heavy atom. The third kappa shape index (κ3) is 11.0. The van der Waals surface area contributed by atoms with E-state index in [-0.39, 0.29) is 32.0 Å². The second-order valence-corrected chi connectivity index (χ2v) is 15.3. The van der Waals surface area contributed by atoms with Crippen molar-refractivity contribution in [2.24, 2.45) is 10.1 Å². The number of nitrogens with one attached hydrogen (secondary N) is 1. The van der Waals surface area contributed by atoms with Crippen LogP contribution in [0, 0.1) is 0 Å². The maximum atomic E-state index is 15.1. The topological polar surface area (TPSA) is 147 Å². The predicted octanol–water partition coefficient (Wildman–Crippen LogP) is 10.0. The summed E-state index contributed by atoms with van der Waals surface area (Å²) in [5.41, 5.74) is 13.7. The van der Waals surface area contributed by atoms with Crippen LogP contribution in [0.2, 0.25) is 0 Å². The number of hydrogen-bond acceptors (Lipinski definition) is 8. The summed E-state index contributed by atoms with van der Waals surface area (Å²) < 4.78 is 26.0. The van der Waals surface area contributed by atoms with E-state index in [0.29, 0.717) is 66.9 Å². The molecule has 12 heteroatoms. The number of aliphatic imine (C=N–C) groups is 1. The Balaban J connectivity index is 1.19. The highest BCUT2D eigenvalue weighted by Crippen LogP contribution is 2.44. The summed E-state index contributed by atoms with van der Waals surface area (Å²) in [6.45, 7) is 1.51. The lowest BCUT2D eigenvalue weighted by Crippen LogP contribution is -2.50. The molecular formula is C49H46BrN5O6. The van der Waals surface area contributed by atoms with Crippen LogP contribution in [-0.4, -0.2) is 42.2 Å². The number of benzene rings is 6. The molecule has 1 aliphatic rings. The average molecular weight is 881 g/mol. The van der Waals surface area contributed by atoms with Gasteiger partial charge < -0.3 is 29.4 Å². The van der Waals surface area contributed by atoms with Gasteiger partial charge in [0.05, 0.1) is 13.2 Å². The van der Waals surface area contributed by atoms with Crippen LogP contribution in [0.1, 0.15) is 51.5 Å². The van der Waals surface area contributed by atoms with Crippen molar-refractivity contribution in [2.45, 2.75) is 50.7 Å². The smallest absolute Gasteiger partial charge is 0.252 e. The Morgan fingerprint density at radius 3 is 2.13 bits per heavy atom. The van der Waals surface area contributed by atoms with Crippen molar-refractivity contribution in [3.8, 4) is 17.2 Å². The van der Waals surface area contributed by atoms with Gasteiger partial charge in [0, 0.05) is 40.9 Å². The molecule has 0 aromatic heterocycles. The molecule has 0 aliphatic carbocycles. The van der Waals surface area contributed by atoms with Gasteiger partial charge in [0.15, 0.2) is 23.1 Å². The number of rotatable bonds is 20. The van der Waals surface area contributed by atoms with Gasteiger partial charge in [-0.2, -0.15) is 0 Å². The Morgan fingerprint density at radius 2 is 1.44 bits per heavy atom. The summed E-state index contributed by atoms with van der Waals surface area (Å²) in [7, 11) is 0. The first-order valence-corrected chi connectivity index (χ1v) is 20.9. The van der Waals surface area contributed by atoms with Crippen LogP contribution < -0.4 is 19.5 Å². The van der Waals surface area contributed by atoms with Gasteiger partial charge in [0.1, 0.15) is 19.0 Å². The molecule has 7 rings (SSSR count). The van der Waals surface area contributed by atoms with Crippen molar-refractivity contribution in [1.82, 2.24) is 5.32 Å². The highest BCUT2D eigenvalue weighted by Gasteiger charge is 2.54. The predicted molar refractivity (Wildman–Crippen MR) is 239 cm³/mol. The molecule has 310 valence electrons. The van der Waals surface area contributed by atoms with Gasteiger partial charge in [-0.1, -0.05) is 130 Å². The monoisotopic (exact) mass is 879 g/mol. The highest BCUT2D eigenvalue weighted by atomic mass is 79.9. The van der Waals surface area contributed by atoms with Gasteiger partial charge in [0.2, 0.25) is 5.90 Å². The van der Waals surface area contributed by atoms with Gasteiger partial charge >= 0.3 is 0 Å². The minimum atomic E-state index is -1.49. The van der Waals surface area contributed by atoms with E-state index in [1.165, 1.54) is 0 Å². The Labute approximate surface area is 363 Å². The standard InChI is InChI=1S/C49H46BrN5O6/c50-43-19-10-8-16-39(43)31-49(46(42-18-9-7-17-40(42)32-53-55-51)61-47(54-49)38-21-23-41(24-22-38)58-29-11-28-56)48(57)52-27-26-35-20-25-44(59-33-36-12-3-1-4-13-36)45(30-35)60-34-37-14-5-2-6-15-37/h1-10,12-25,30,46,56H,11,26-29,31-34H2,(H,52,57)/t46-,49-/m1/s1. The fourth-order valence-electron chi connectivity index (χ4n) is 7.12. The van der Waals surface area contributed by atoms with Crippen LogP contribution in [0.15, 0.2) is 166 Å². The summed E-state index contributed by atoms with van der Waals surface area (Å²) in [6.07, 6.45) is 0.306. The first-order chi connectivity index (χ1) is 30.0. The lowest BCUT2D eigenvalue weighted by atomic mass is 9.80. The van der Waals surface area contributed by atoms with Gasteiger partial charge in [-0.15, -0.1) is 0 Å². The van der Waals surface area contributed by atoms with Gasteiger partial charge in [0.25, 0.3) is 5.91 Å². The molecular weight excluding hydrogens is 834 g/mol. The summed E-state index contributed by atoms with van der Waals surface area (Å²) in [5.74, 6) is 1.83. The lowest BCUT2D eigenvalue weighted by molar-refractivity contribution is -0.128. The zero-order valence-electron chi connectivity index (χ0n) is 33.5. The van der Waals surface area contributed by atoms with E-state index >= 15 is 4.79 Å². The van der Waals surface area contributed by atoms with Crippen LogP contribution in [0.25, 0.3) is 10.4 Å². The highest BCUT2D eigenvalue weighted by molar-refractivity contribution is 9.10. The molecule has 1 heterocycles. The molecule has 6 aromatic carbocycles. The zero-order chi connectivity index (χ0) is 42.3. The number of aliphatic hydroxyl groups is 1. The third-order valence-electron chi connectivity index (χ3n) is 10.3. The summed E-state index contributed by atoms with van der Waals surface area (Å²) in [5, 5.41) is 16.3. The fourth-order valence-corrected chi connectivity index (χ4v) is 7.54. The molecule has 0 unspecified atom stereocenters. The zero-order valence-corrected chi connectivity index (χ0v) is 35.1. The summed E-state index contributed by atoms with van der Waals surface area (Å²) in [6, 6.07) is 48.4. The van der Waals surface area contributed by atoms with Gasteiger partial charge in [-0.05, 0) is 87.8 Å². The number of carbonyl (C=O) groups excluding carboxylic acids is 1. The summed E-state index contributed by atoms with van der Waals surface area (Å²) >= 11 is 3.72. The molecule has 0 saturated heterocycles. The number of amides is 1. The maximum Gasteiger partial charge on any atom is 0.252 e. The van der Waals surface area contributed by atoms with Crippen molar-refractivity contribution in [1.29, 1.82) is 0 Å². The third-order valence-corrected chi connectivity index (χ3v) is 11.0. The number of carbonyl (C=O) groups is 1. The molecule has 0 bridgehead atoms. The van der Waals surface area contributed by atoms with Crippen LogP contribution in [0.3, 0.4) is 0 Å². The van der Waals surface area contributed by atoms with Gasteiger partial charge in [-0.25, -0.2) is 4.99 Å². The van der Waals surface area contributed by atoms with Crippen LogP contribution >= 0.6 is 15.9 Å². The number of azide groups is 1. The van der Waals surface area contributed by atoms with Crippen LogP contribution in [-0.2, 0) is 42.1 Å². The van der Waals surface area contributed by atoms with E-state index in [1.807, 2.05) is 152 Å². The Hall–Kier alpha value is -6.59. The van der Waals surface area contributed by atoms with E-state index in [1.54, 1.807) is 0 Å². The van der Waals surface area contributed by atoms with Crippen LogP contribution in [0.4, 0.5) is 0 Å². The number of ether oxygens (including phenoxy) is 4. The molecule has 0 radical (unpaired) electrons. The molecule has 0 fully saturated rings. The van der Waals surface area contributed by atoms with Crippen molar-refractivity contribution >= 4 is 27.7 Å². The number of aliphatic hydroxyl groups excluding tert-OH is 1. The largest absolute Gasteiger partial charge is 0.494 e. The fraction of sp³-hybridized carbons (Fsp3) is 0.224. The number of nitrogens with zero attached hydrogens (tertiary/aromatic N) is 4. The molecule has 0 spiro atoms. The van der Waals surface area contributed by atoms with Gasteiger partial charge in [-0.3, -0.25) is 4.79 Å². The molecule has 0 saturated carbocycles. The average Bonchev–Trinajstić information content (AvgIpc) is 3.69. The molecule has 2 atom stereocenters. The lowest BCUT2D eigenvalue weighted by Gasteiger charge is -2.32. The minimum Gasteiger partial charge on any atom is -0.494 e. The quantitative estimate of drug-likeness (QED) is 0.0338. The molecule has 1 amide bonds. The van der Waals surface area contributed by atoms with Crippen molar-refractivity contribution in [2.75, 3.05) is 19.8 Å². The second kappa shape index (κ2) is 21.1. The molecule has 61 heavy (non-hydrogen) atoms. The normalized spacial score (nSPS) is 15.5. The Bertz CT molecular complexity index is 2460. The van der Waals surface area contributed by atoms with E-state index in [9.17, 15) is 10.6 Å². The van der Waals surface area contributed by atoms with Crippen LogP contribution in [0.5, 0.6) is 17.2 Å². The number of halogens is 1. The first-order valence-electron chi connectivity index (χ1n) is 20.1. The minimum absolute atomic E-state index is 0.0353. The first kappa shape index (κ1) is 42.5. The van der Waals surface area contributed by atoms with E-state index < -0.39 is 11.6 Å². The number of hydrogen-bond donors (Lipinski definition) is 2. The summed E-state index contributed by atoms with van der Waals surface area (Å²) in [4.78, 5) is 23.3. The van der Waals surface area contributed by atoms with Crippen molar-refractivity contribution in [3.63, 3.8) is 0 Å². The molecule has 1 aliphatic heterocycles. The molecule has 2 N–H and O–H groups in total. The van der Waals surface area contributed by atoms with E-state index in [2.05, 4.69) is 31.3 Å².